The predicted octanol–water partition coefficient (Wildman–Crippen LogP) is 2.98. The first-order chi connectivity index (χ1) is 12.2. The Kier molecular flexibility index (Phi) is 5.16. The van der Waals surface area contributed by atoms with E-state index in [0.29, 0.717) is 18.2 Å². The normalized spacial score (nSPS) is 10.1. The van der Waals surface area contributed by atoms with E-state index in [1.165, 1.54) is 7.11 Å². The van der Waals surface area contributed by atoms with Crippen molar-refractivity contribution in [3.05, 3.63) is 72.2 Å². The second-order valence-corrected chi connectivity index (χ2v) is 5.06. The Morgan fingerprint density at radius 2 is 2.00 bits per heavy atom. The van der Waals surface area contributed by atoms with E-state index in [0.717, 1.165) is 11.4 Å². The van der Waals surface area contributed by atoms with Gasteiger partial charge in [0.05, 0.1) is 12.8 Å². The molecule has 0 saturated heterocycles. The first-order valence-corrected chi connectivity index (χ1v) is 7.56. The van der Waals surface area contributed by atoms with Gasteiger partial charge in [-0.05, 0) is 36.4 Å². The first-order valence-electron chi connectivity index (χ1n) is 7.56. The number of esters is 1. The van der Waals surface area contributed by atoms with E-state index in [1.54, 1.807) is 18.3 Å². The van der Waals surface area contributed by atoms with Crippen LogP contribution in [-0.2, 0) is 11.3 Å². The molecule has 0 atom stereocenters. The van der Waals surface area contributed by atoms with Crippen LogP contribution in [0.2, 0.25) is 0 Å². The molecule has 3 aromatic rings. The minimum absolute atomic E-state index is 0.153. The summed E-state index contributed by atoms with van der Waals surface area (Å²) in [5.74, 6) is 0.688. The van der Waals surface area contributed by atoms with Crippen LogP contribution in [0.3, 0.4) is 0 Å². The minimum Gasteiger partial charge on any atom is -0.487 e. The van der Waals surface area contributed by atoms with Gasteiger partial charge in [0.15, 0.2) is 11.5 Å². The number of ether oxygens (including phenoxy) is 2. The van der Waals surface area contributed by atoms with Crippen LogP contribution < -0.4 is 10.1 Å². The summed E-state index contributed by atoms with van der Waals surface area (Å²) in [5.41, 5.74) is 1.80. The Labute approximate surface area is 144 Å². The maximum absolute atomic E-state index is 11.3. The van der Waals surface area contributed by atoms with Crippen molar-refractivity contribution in [3.63, 3.8) is 0 Å². The molecule has 0 saturated carbocycles. The molecule has 3 rings (SSSR count). The summed E-state index contributed by atoms with van der Waals surface area (Å²) in [7, 11) is 1.30. The molecular formula is C18H16N4O3. The Bertz CT molecular complexity index is 838. The molecule has 0 amide bonds. The van der Waals surface area contributed by atoms with Gasteiger partial charge in [0.2, 0.25) is 0 Å². The molecule has 0 aliphatic heterocycles. The van der Waals surface area contributed by atoms with Crippen LogP contribution in [-0.4, -0.2) is 28.3 Å². The van der Waals surface area contributed by atoms with E-state index in [4.69, 9.17) is 4.74 Å². The number of carbonyl (C=O) groups is 1. The van der Waals surface area contributed by atoms with Gasteiger partial charge in [0.25, 0.3) is 0 Å². The summed E-state index contributed by atoms with van der Waals surface area (Å²) in [6.45, 7) is 0.387. The van der Waals surface area contributed by atoms with Crippen molar-refractivity contribution in [2.45, 2.75) is 6.61 Å². The third kappa shape index (κ3) is 4.51. The molecular weight excluding hydrogens is 320 g/mol. The van der Waals surface area contributed by atoms with E-state index in [1.807, 2.05) is 42.5 Å². The fraction of sp³-hybridized carbons (Fsp3) is 0.111. The molecule has 126 valence electrons. The molecule has 0 radical (unpaired) electrons. The van der Waals surface area contributed by atoms with Gasteiger partial charge >= 0.3 is 5.97 Å². The summed E-state index contributed by atoms with van der Waals surface area (Å²) in [5, 5.41) is 10.9. The molecule has 7 nitrogen and oxygen atoms in total. The lowest BCUT2D eigenvalue weighted by molar-refractivity contribution is 0.0593. The van der Waals surface area contributed by atoms with Crippen LogP contribution in [0.25, 0.3) is 0 Å². The molecule has 2 heterocycles. The van der Waals surface area contributed by atoms with Gasteiger partial charge in [0, 0.05) is 18.0 Å². The van der Waals surface area contributed by atoms with Gasteiger partial charge in [0.1, 0.15) is 12.4 Å². The van der Waals surface area contributed by atoms with Gasteiger partial charge in [-0.3, -0.25) is 4.98 Å². The van der Waals surface area contributed by atoms with Crippen LogP contribution in [0.1, 0.15) is 16.2 Å². The van der Waals surface area contributed by atoms with Crippen LogP contribution in [0, 0.1) is 0 Å². The Morgan fingerprint density at radius 3 is 2.72 bits per heavy atom. The summed E-state index contributed by atoms with van der Waals surface area (Å²) < 4.78 is 10.3. The highest BCUT2D eigenvalue weighted by Gasteiger charge is 2.07. The van der Waals surface area contributed by atoms with Crippen LogP contribution in [0.4, 0.5) is 11.5 Å². The third-order valence-corrected chi connectivity index (χ3v) is 3.28. The summed E-state index contributed by atoms with van der Waals surface area (Å²) in [4.78, 5) is 15.6. The van der Waals surface area contributed by atoms with E-state index in [9.17, 15) is 4.79 Å². The van der Waals surface area contributed by atoms with Gasteiger partial charge in [-0.1, -0.05) is 12.1 Å². The van der Waals surface area contributed by atoms with Gasteiger partial charge < -0.3 is 14.8 Å². The molecule has 7 heteroatoms. The second-order valence-electron chi connectivity index (χ2n) is 5.06. The quantitative estimate of drug-likeness (QED) is 0.692. The van der Waals surface area contributed by atoms with Crippen molar-refractivity contribution >= 4 is 17.5 Å². The summed E-state index contributed by atoms with van der Waals surface area (Å²) in [6, 6.07) is 16.3. The fourth-order valence-electron chi connectivity index (χ4n) is 2.06. The van der Waals surface area contributed by atoms with Crippen molar-refractivity contribution in [1.29, 1.82) is 0 Å². The second kappa shape index (κ2) is 7.87. The molecule has 1 N–H and O–H groups in total. The average Bonchev–Trinajstić information content (AvgIpc) is 2.67. The molecule has 0 spiro atoms. The SMILES string of the molecule is COC(=O)c1ccc(Nc2cccc(OCc3ccccn3)c2)nn1. The number of anilines is 2. The van der Waals surface area contributed by atoms with Crippen molar-refractivity contribution < 1.29 is 14.3 Å². The number of hydrogen-bond donors (Lipinski definition) is 1. The maximum Gasteiger partial charge on any atom is 0.358 e. The number of rotatable bonds is 6. The smallest absolute Gasteiger partial charge is 0.358 e. The number of nitrogens with zero attached hydrogens (tertiary/aromatic N) is 3. The van der Waals surface area contributed by atoms with Crippen molar-refractivity contribution in [1.82, 2.24) is 15.2 Å². The molecule has 0 fully saturated rings. The molecule has 0 unspecified atom stereocenters. The van der Waals surface area contributed by atoms with Gasteiger partial charge in [-0.2, -0.15) is 0 Å². The largest absolute Gasteiger partial charge is 0.487 e. The van der Waals surface area contributed by atoms with Crippen molar-refractivity contribution in [3.8, 4) is 5.75 Å². The summed E-state index contributed by atoms with van der Waals surface area (Å²) in [6.07, 6.45) is 1.73. The topological polar surface area (TPSA) is 86.2 Å². The number of carbonyl (C=O) groups excluding carboxylic acids is 1. The number of aromatic nitrogens is 3. The number of benzene rings is 1. The Hall–Kier alpha value is -3.48. The molecule has 0 aliphatic rings. The zero-order chi connectivity index (χ0) is 17.5. The average molecular weight is 336 g/mol. The maximum atomic E-state index is 11.3. The molecule has 1 aromatic carbocycles. The molecule has 2 aromatic heterocycles. The van der Waals surface area contributed by atoms with Crippen LogP contribution in [0.15, 0.2) is 60.8 Å². The van der Waals surface area contributed by atoms with Crippen LogP contribution in [0.5, 0.6) is 5.75 Å². The minimum atomic E-state index is -0.524. The highest BCUT2D eigenvalue weighted by molar-refractivity contribution is 5.87. The van der Waals surface area contributed by atoms with Gasteiger partial charge in [-0.15, -0.1) is 10.2 Å². The lowest BCUT2D eigenvalue weighted by atomic mass is 10.3. The van der Waals surface area contributed by atoms with Crippen LogP contribution >= 0.6 is 0 Å². The molecule has 25 heavy (non-hydrogen) atoms. The highest BCUT2D eigenvalue weighted by Crippen LogP contribution is 2.21. The predicted molar refractivity (Wildman–Crippen MR) is 91.7 cm³/mol. The molecule has 0 bridgehead atoms. The lowest BCUT2D eigenvalue weighted by Crippen LogP contribution is -2.06. The van der Waals surface area contributed by atoms with E-state index in [2.05, 4.69) is 25.2 Å². The fourth-order valence-corrected chi connectivity index (χ4v) is 2.06. The number of nitrogens with one attached hydrogen (secondary N) is 1. The summed E-state index contributed by atoms with van der Waals surface area (Å²) >= 11 is 0. The standard InChI is InChI=1S/C18H16N4O3/c1-24-18(23)16-8-9-17(22-21-16)20-13-6-4-7-15(11-13)25-12-14-5-2-3-10-19-14/h2-11H,12H2,1H3,(H,20,22). The van der Waals surface area contributed by atoms with Gasteiger partial charge in [-0.25, -0.2) is 4.79 Å². The van der Waals surface area contributed by atoms with E-state index in [-0.39, 0.29) is 5.69 Å². The van der Waals surface area contributed by atoms with E-state index < -0.39 is 5.97 Å². The monoisotopic (exact) mass is 336 g/mol. The number of pyridine rings is 1. The highest BCUT2D eigenvalue weighted by atomic mass is 16.5. The van der Waals surface area contributed by atoms with E-state index >= 15 is 0 Å². The molecule has 0 aliphatic carbocycles. The lowest BCUT2D eigenvalue weighted by Gasteiger charge is -2.09. The third-order valence-electron chi connectivity index (χ3n) is 3.28. The Balaban J connectivity index is 1.64. The Morgan fingerprint density at radius 1 is 1.08 bits per heavy atom. The van der Waals surface area contributed by atoms with Crippen molar-refractivity contribution in [2.75, 3.05) is 12.4 Å². The zero-order valence-corrected chi connectivity index (χ0v) is 13.5. The zero-order valence-electron chi connectivity index (χ0n) is 13.5. The first kappa shape index (κ1) is 16.4. The number of hydrogen-bond acceptors (Lipinski definition) is 7. The number of methoxy groups -OCH3 is 1. The van der Waals surface area contributed by atoms with Crippen molar-refractivity contribution in [2.24, 2.45) is 0 Å².